The lowest BCUT2D eigenvalue weighted by Crippen LogP contribution is -2.01. The van der Waals surface area contributed by atoms with Crippen LogP contribution in [0.25, 0.3) is 0 Å². The average Bonchev–Trinajstić information content (AvgIpc) is 2.26. The minimum atomic E-state index is 0.497. The molecule has 90 valence electrons. The third-order valence-corrected chi connectivity index (χ3v) is 2.83. The fourth-order valence-corrected chi connectivity index (χ4v) is 1.91. The number of benzene rings is 1. The van der Waals surface area contributed by atoms with E-state index in [1.165, 1.54) is 11.1 Å². The van der Waals surface area contributed by atoms with Gasteiger partial charge in [-0.2, -0.15) is 0 Å². The van der Waals surface area contributed by atoms with Gasteiger partial charge in [0.15, 0.2) is 11.5 Å². The number of hydrogen-bond acceptors (Lipinski definition) is 2. The van der Waals surface area contributed by atoms with Gasteiger partial charge in [-0.25, -0.2) is 0 Å². The summed E-state index contributed by atoms with van der Waals surface area (Å²) in [4.78, 5) is 0. The zero-order valence-corrected chi connectivity index (χ0v) is 11.1. The van der Waals surface area contributed by atoms with Crippen LogP contribution in [0.5, 0.6) is 11.5 Å². The molecule has 0 aliphatic rings. The van der Waals surface area contributed by atoms with Crippen LogP contribution in [0.2, 0.25) is 0 Å². The summed E-state index contributed by atoms with van der Waals surface area (Å²) < 4.78 is 10.7. The highest BCUT2D eigenvalue weighted by atomic mass is 16.5. The summed E-state index contributed by atoms with van der Waals surface area (Å²) in [6, 6.07) is 4.19. The van der Waals surface area contributed by atoms with Gasteiger partial charge in [0, 0.05) is 0 Å². The minimum Gasteiger partial charge on any atom is -0.493 e. The molecule has 0 saturated heterocycles. The molecule has 2 heteroatoms. The molecule has 0 atom stereocenters. The largest absolute Gasteiger partial charge is 0.493 e. The third kappa shape index (κ3) is 2.49. The van der Waals surface area contributed by atoms with Gasteiger partial charge < -0.3 is 9.47 Å². The topological polar surface area (TPSA) is 18.5 Å². The second-order valence-corrected chi connectivity index (χ2v) is 4.65. The molecule has 0 aromatic heterocycles. The van der Waals surface area contributed by atoms with Gasteiger partial charge in [-0.05, 0) is 35.1 Å². The van der Waals surface area contributed by atoms with Gasteiger partial charge in [0.05, 0.1) is 14.2 Å². The lowest BCUT2D eigenvalue weighted by Gasteiger charge is -2.19. The highest BCUT2D eigenvalue weighted by Gasteiger charge is 2.15. The molecule has 0 N–H and O–H groups in total. The fraction of sp³-hybridized carbons (Fsp3) is 0.571. The third-order valence-electron chi connectivity index (χ3n) is 2.83. The van der Waals surface area contributed by atoms with Crippen LogP contribution >= 0.6 is 0 Å². The van der Waals surface area contributed by atoms with E-state index in [1.807, 2.05) is 0 Å². The van der Waals surface area contributed by atoms with Gasteiger partial charge in [0.2, 0.25) is 0 Å². The summed E-state index contributed by atoms with van der Waals surface area (Å²) in [7, 11) is 3.36. The monoisotopic (exact) mass is 222 g/mol. The Morgan fingerprint density at radius 2 is 1.06 bits per heavy atom. The predicted molar refractivity (Wildman–Crippen MR) is 67.7 cm³/mol. The second-order valence-electron chi connectivity index (χ2n) is 4.65. The Hall–Kier alpha value is -1.18. The van der Waals surface area contributed by atoms with E-state index in [9.17, 15) is 0 Å². The van der Waals surface area contributed by atoms with Gasteiger partial charge in [0.25, 0.3) is 0 Å². The van der Waals surface area contributed by atoms with E-state index in [2.05, 4.69) is 39.8 Å². The van der Waals surface area contributed by atoms with E-state index < -0.39 is 0 Å². The van der Waals surface area contributed by atoms with E-state index >= 15 is 0 Å². The van der Waals surface area contributed by atoms with Crippen LogP contribution in [-0.4, -0.2) is 14.2 Å². The van der Waals surface area contributed by atoms with Crippen molar-refractivity contribution >= 4 is 0 Å². The molecule has 0 heterocycles. The van der Waals surface area contributed by atoms with Crippen molar-refractivity contribution in [3.05, 3.63) is 23.3 Å². The van der Waals surface area contributed by atoms with E-state index in [1.54, 1.807) is 14.2 Å². The van der Waals surface area contributed by atoms with Crippen LogP contribution in [-0.2, 0) is 0 Å². The summed E-state index contributed by atoms with van der Waals surface area (Å²) in [6.45, 7) is 8.81. The number of ether oxygens (including phenoxy) is 2. The zero-order valence-electron chi connectivity index (χ0n) is 11.1. The van der Waals surface area contributed by atoms with Crippen molar-refractivity contribution in [1.29, 1.82) is 0 Å². The molecule has 0 bridgehead atoms. The van der Waals surface area contributed by atoms with Crippen LogP contribution in [0.4, 0.5) is 0 Å². The molecule has 2 nitrogen and oxygen atoms in total. The van der Waals surface area contributed by atoms with Gasteiger partial charge in [-0.1, -0.05) is 27.7 Å². The summed E-state index contributed by atoms with van der Waals surface area (Å²) in [5.74, 6) is 2.63. The highest BCUT2D eigenvalue weighted by Crippen LogP contribution is 2.36. The van der Waals surface area contributed by atoms with Crippen molar-refractivity contribution in [2.45, 2.75) is 39.5 Å². The van der Waals surface area contributed by atoms with Crippen LogP contribution in [0.3, 0.4) is 0 Å². The van der Waals surface area contributed by atoms with E-state index in [0.29, 0.717) is 11.8 Å². The first kappa shape index (κ1) is 12.9. The molecule has 0 aliphatic heterocycles. The van der Waals surface area contributed by atoms with Crippen LogP contribution < -0.4 is 9.47 Å². The lowest BCUT2D eigenvalue weighted by atomic mass is 9.90. The van der Waals surface area contributed by atoms with Gasteiger partial charge in [0.1, 0.15) is 0 Å². The van der Waals surface area contributed by atoms with E-state index in [4.69, 9.17) is 9.47 Å². The molecular formula is C14H22O2. The Morgan fingerprint density at radius 1 is 0.750 bits per heavy atom. The predicted octanol–water partition coefficient (Wildman–Crippen LogP) is 3.95. The van der Waals surface area contributed by atoms with Crippen LogP contribution in [0.15, 0.2) is 12.1 Å². The number of hydrogen-bond donors (Lipinski definition) is 0. The van der Waals surface area contributed by atoms with E-state index in [-0.39, 0.29) is 0 Å². The molecule has 0 radical (unpaired) electrons. The summed E-state index contributed by atoms with van der Waals surface area (Å²) >= 11 is 0. The molecule has 0 unspecified atom stereocenters. The molecule has 1 aromatic rings. The molecule has 0 amide bonds. The Morgan fingerprint density at radius 3 is 1.25 bits per heavy atom. The van der Waals surface area contributed by atoms with Crippen molar-refractivity contribution in [1.82, 2.24) is 0 Å². The molecule has 1 rings (SSSR count). The molecule has 16 heavy (non-hydrogen) atoms. The Bertz CT molecular complexity index is 319. The average molecular weight is 222 g/mol. The Kier molecular flexibility index (Phi) is 4.22. The molecule has 0 aliphatic carbocycles. The minimum absolute atomic E-state index is 0.497. The molecule has 1 aromatic carbocycles. The van der Waals surface area contributed by atoms with Gasteiger partial charge in [-0.15, -0.1) is 0 Å². The second kappa shape index (κ2) is 5.24. The van der Waals surface area contributed by atoms with Crippen LogP contribution in [0, 0.1) is 0 Å². The Balaban J connectivity index is 3.35. The highest BCUT2D eigenvalue weighted by molar-refractivity contribution is 5.49. The zero-order chi connectivity index (χ0) is 12.3. The summed E-state index contributed by atoms with van der Waals surface area (Å²) in [6.07, 6.45) is 0. The van der Waals surface area contributed by atoms with Gasteiger partial charge in [-0.3, -0.25) is 0 Å². The van der Waals surface area contributed by atoms with Crippen molar-refractivity contribution in [3.63, 3.8) is 0 Å². The van der Waals surface area contributed by atoms with Crippen molar-refractivity contribution in [3.8, 4) is 11.5 Å². The first-order valence-electron chi connectivity index (χ1n) is 5.77. The maximum absolute atomic E-state index is 5.34. The Labute approximate surface area is 98.6 Å². The van der Waals surface area contributed by atoms with Crippen molar-refractivity contribution in [2.75, 3.05) is 14.2 Å². The SMILES string of the molecule is COc1cc(C(C)C)c(C(C)C)cc1OC. The summed E-state index contributed by atoms with van der Waals surface area (Å²) in [5.41, 5.74) is 2.68. The first-order valence-corrected chi connectivity index (χ1v) is 5.77. The van der Waals surface area contributed by atoms with Crippen molar-refractivity contribution in [2.24, 2.45) is 0 Å². The molecule has 0 fully saturated rings. The number of methoxy groups -OCH3 is 2. The van der Waals surface area contributed by atoms with E-state index in [0.717, 1.165) is 11.5 Å². The number of rotatable bonds is 4. The normalized spacial score (nSPS) is 11.0. The molecule has 0 saturated carbocycles. The van der Waals surface area contributed by atoms with Gasteiger partial charge >= 0.3 is 0 Å². The van der Waals surface area contributed by atoms with Crippen LogP contribution in [0.1, 0.15) is 50.7 Å². The molecular weight excluding hydrogens is 200 g/mol. The maximum atomic E-state index is 5.34. The lowest BCUT2D eigenvalue weighted by molar-refractivity contribution is 0.353. The maximum Gasteiger partial charge on any atom is 0.161 e. The molecule has 0 spiro atoms. The quantitative estimate of drug-likeness (QED) is 0.768. The fourth-order valence-electron chi connectivity index (χ4n) is 1.91. The smallest absolute Gasteiger partial charge is 0.161 e. The van der Waals surface area contributed by atoms with Crippen molar-refractivity contribution < 1.29 is 9.47 Å². The standard InChI is InChI=1S/C14H22O2/c1-9(2)11-7-13(15-5)14(16-6)8-12(11)10(3)4/h7-10H,1-6H3. The summed E-state index contributed by atoms with van der Waals surface area (Å²) in [5, 5.41) is 0. The first-order chi connectivity index (χ1) is 7.51.